The van der Waals surface area contributed by atoms with Gasteiger partial charge in [-0.25, -0.2) is 4.79 Å². The Labute approximate surface area is 84.0 Å². The van der Waals surface area contributed by atoms with E-state index in [0.717, 1.165) is 0 Å². The Morgan fingerprint density at radius 2 is 2.07 bits per heavy atom. The summed E-state index contributed by atoms with van der Waals surface area (Å²) in [5, 5.41) is 2.51. The van der Waals surface area contributed by atoms with Gasteiger partial charge in [-0.1, -0.05) is 13.8 Å². The van der Waals surface area contributed by atoms with Gasteiger partial charge in [0.2, 0.25) is 5.91 Å². The maximum atomic E-state index is 11.3. The summed E-state index contributed by atoms with van der Waals surface area (Å²) in [6.45, 7) is 3.47. The van der Waals surface area contributed by atoms with Gasteiger partial charge in [0.15, 0.2) is 0 Å². The minimum atomic E-state index is -0.736. The van der Waals surface area contributed by atoms with Crippen LogP contribution < -0.4 is 5.32 Å². The van der Waals surface area contributed by atoms with Gasteiger partial charge in [-0.3, -0.25) is 4.79 Å². The smallest absolute Gasteiger partial charge is 0.329 e. The summed E-state index contributed by atoms with van der Waals surface area (Å²) in [6, 6.07) is -0.736. The highest BCUT2D eigenvalue weighted by Crippen LogP contribution is 1.98. The number of hydrogen-bond donors (Lipinski definition) is 1. The van der Waals surface area contributed by atoms with Crippen LogP contribution in [0.25, 0.3) is 0 Å². The normalized spacial score (nSPS) is 11.6. The van der Waals surface area contributed by atoms with Crippen molar-refractivity contribution in [2.24, 2.45) is 5.92 Å². The van der Waals surface area contributed by atoms with Crippen molar-refractivity contribution in [1.82, 2.24) is 5.32 Å². The van der Waals surface area contributed by atoms with Gasteiger partial charge in [-0.15, -0.1) is 12.3 Å². The van der Waals surface area contributed by atoms with Crippen molar-refractivity contribution in [3.05, 3.63) is 0 Å². The lowest BCUT2D eigenvalue weighted by Gasteiger charge is -2.15. The number of carbonyl (C=O) groups is 2. The van der Waals surface area contributed by atoms with E-state index in [2.05, 4.69) is 16.0 Å². The molecule has 0 fully saturated rings. The number of esters is 1. The van der Waals surface area contributed by atoms with Crippen LogP contribution in [0.1, 0.15) is 20.3 Å². The number of terminal acetylenes is 1. The number of carbonyl (C=O) groups excluding carboxylic acids is 2. The van der Waals surface area contributed by atoms with E-state index in [1.54, 1.807) is 13.8 Å². The lowest BCUT2D eigenvalue weighted by atomic mass is 10.1. The van der Waals surface area contributed by atoms with Gasteiger partial charge >= 0.3 is 5.97 Å². The van der Waals surface area contributed by atoms with Crippen molar-refractivity contribution >= 4 is 11.9 Å². The van der Waals surface area contributed by atoms with E-state index in [9.17, 15) is 9.59 Å². The lowest BCUT2D eigenvalue weighted by Crippen LogP contribution is -2.43. The van der Waals surface area contributed by atoms with Crippen LogP contribution in [0.15, 0.2) is 0 Å². The van der Waals surface area contributed by atoms with Crippen molar-refractivity contribution in [2.45, 2.75) is 26.3 Å². The Kier molecular flexibility index (Phi) is 5.38. The van der Waals surface area contributed by atoms with E-state index in [-0.39, 0.29) is 18.2 Å². The molecule has 0 aliphatic heterocycles. The largest absolute Gasteiger partial charge is 0.467 e. The summed E-state index contributed by atoms with van der Waals surface area (Å²) in [5.41, 5.74) is 0. The van der Waals surface area contributed by atoms with Gasteiger partial charge in [-0.2, -0.15) is 0 Å². The predicted molar refractivity (Wildman–Crippen MR) is 52.2 cm³/mol. The predicted octanol–water partition coefficient (Wildman–Crippen LogP) is 0.323. The van der Waals surface area contributed by atoms with Crippen molar-refractivity contribution in [2.75, 3.05) is 7.11 Å². The number of methoxy groups -OCH3 is 1. The van der Waals surface area contributed by atoms with E-state index >= 15 is 0 Å². The third-order valence-electron chi connectivity index (χ3n) is 1.65. The summed E-state index contributed by atoms with van der Waals surface area (Å²) >= 11 is 0. The zero-order chi connectivity index (χ0) is 11.1. The Hall–Kier alpha value is -1.50. The summed E-state index contributed by atoms with van der Waals surface area (Å²) in [6.07, 6.45) is 5.21. The standard InChI is InChI=1S/C10H15NO3/c1-5-6-8(10(13)14-4)11-9(12)7(2)3/h1,7-8H,6H2,2-4H3,(H,11,12)/t8-/m0/s1. The van der Waals surface area contributed by atoms with Crippen molar-refractivity contribution in [3.8, 4) is 12.3 Å². The van der Waals surface area contributed by atoms with Crippen molar-refractivity contribution in [1.29, 1.82) is 0 Å². The summed E-state index contributed by atoms with van der Waals surface area (Å²) < 4.78 is 4.50. The molecule has 1 amide bonds. The number of ether oxygens (including phenoxy) is 1. The van der Waals surface area contributed by atoms with Crippen LogP contribution in [0, 0.1) is 18.3 Å². The second kappa shape index (κ2) is 6.03. The molecule has 0 spiro atoms. The van der Waals surface area contributed by atoms with Crippen LogP contribution in [-0.2, 0) is 14.3 Å². The zero-order valence-electron chi connectivity index (χ0n) is 8.66. The van der Waals surface area contributed by atoms with Gasteiger partial charge in [0.1, 0.15) is 6.04 Å². The fourth-order valence-electron chi connectivity index (χ4n) is 0.792. The SMILES string of the molecule is C#CC[C@H](NC(=O)C(C)C)C(=O)OC. The first-order valence-electron chi connectivity index (χ1n) is 4.34. The molecule has 14 heavy (non-hydrogen) atoms. The summed E-state index contributed by atoms with van der Waals surface area (Å²) in [4.78, 5) is 22.4. The number of rotatable bonds is 4. The van der Waals surface area contributed by atoms with Gasteiger partial charge < -0.3 is 10.1 Å². The molecule has 4 heteroatoms. The second-order valence-electron chi connectivity index (χ2n) is 3.15. The van der Waals surface area contributed by atoms with E-state index in [1.807, 2.05) is 0 Å². The zero-order valence-corrected chi connectivity index (χ0v) is 8.66. The molecule has 0 aromatic rings. The van der Waals surface area contributed by atoms with Gasteiger partial charge in [0.25, 0.3) is 0 Å². The fourth-order valence-corrected chi connectivity index (χ4v) is 0.792. The van der Waals surface area contributed by atoms with Crippen LogP contribution in [0.3, 0.4) is 0 Å². The Balaban J connectivity index is 4.31. The molecule has 0 rings (SSSR count). The molecule has 0 unspecified atom stereocenters. The van der Waals surface area contributed by atoms with Crippen LogP contribution in [0.5, 0.6) is 0 Å². The molecule has 1 atom stereocenters. The Bertz CT molecular complexity index is 253. The number of hydrogen-bond acceptors (Lipinski definition) is 3. The molecule has 0 saturated heterocycles. The second-order valence-corrected chi connectivity index (χ2v) is 3.15. The highest BCUT2D eigenvalue weighted by atomic mass is 16.5. The number of nitrogens with one attached hydrogen (secondary N) is 1. The van der Waals surface area contributed by atoms with Gasteiger partial charge in [-0.05, 0) is 0 Å². The minimum absolute atomic E-state index is 0.144. The molecule has 0 saturated carbocycles. The third-order valence-corrected chi connectivity index (χ3v) is 1.65. The van der Waals surface area contributed by atoms with Crippen LogP contribution >= 0.6 is 0 Å². The van der Waals surface area contributed by atoms with Crippen LogP contribution in [0.2, 0.25) is 0 Å². The molecule has 0 aliphatic carbocycles. The molecule has 4 nitrogen and oxygen atoms in total. The first kappa shape index (κ1) is 12.5. The molecule has 0 aromatic heterocycles. The third kappa shape index (κ3) is 3.94. The quantitative estimate of drug-likeness (QED) is 0.521. The van der Waals surface area contributed by atoms with Crippen LogP contribution in [-0.4, -0.2) is 25.0 Å². The van der Waals surface area contributed by atoms with E-state index < -0.39 is 12.0 Å². The fraction of sp³-hybridized carbons (Fsp3) is 0.600. The summed E-state index contributed by atoms with van der Waals surface area (Å²) in [7, 11) is 1.26. The molecule has 0 bridgehead atoms. The first-order valence-corrected chi connectivity index (χ1v) is 4.34. The highest BCUT2D eigenvalue weighted by Gasteiger charge is 2.21. The van der Waals surface area contributed by atoms with Gasteiger partial charge in [0, 0.05) is 12.3 Å². The van der Waals surface area contributed by atoms with E-state index in [4.69, 9.17) is 6.42 Å². The molecule has 0 heterocycles. The lowest BCUT2D eigenvalue weighted by molar-refractivity contribution is -0.145. The summed E-state index contributed by atoms with van der Waals surface area (Å²) in [5.74, 6) is 1.40. The molecule has 0 aliphatic rings. The molecule has 78 valence electrons. The molecule has 0 radical (unpaired) electrons. The average Bonchev–Trinajstić information content (AvgIpc) is 2.15. The first-order chi connectivity index (χ1) is 6.52. The molecular weight excluding hydrogens is 182 g/mol. The maximum Gasteiger partial charge on any atom is 0.329 e. The van der Waals surface area contributed by atoms with E-state index in [1.165, 1.54) is 7.11 Å². The Morgan fingerprint density at radius 3 is 2.43 bits per heavy atom. The Morgan fingerprint density at radius 1 is 1.50 bits per heavy atom. The number of amides is 1. The van der Waals surface area contributed by atoms with E-state index in [0.29, 0.717) is 0 Å². The monoisotopic (exact) mass is 197 g/mol. The molecule has 0 aromatic carbocycles. The topological polar surface area (TPSA) is 55.4 Å². The van der Waals surface area contributed by atoms with Crippen LogP contribution in [0.4, 0.5) is 0 Å². The van der Waals surface area contributed by atoms with Gasteiger partial charge in [0.05, 0.1) is 7.11 Å². The maximum absolute atomic E-state index is 11.3. The highest BCUT2D eigenvalue weighted by molar-refractivity contribution is 5.85. The molecule has 1 N–H and O–H groups in total. The average molecular weight is 197 g/mol. The van der Waals surface area contributed by atoms with Crippen molar-refractivity contribution in [3.63, 3.8) is 0 Å². The van der Waals surface area contributed by atoms with Crippen molar-refractivity contribution < 1.29 is 14.3 Å². The molecular formula is C10H15NO3. The minimum Gasteiger partial charge on any atom is -0.467 e.